The normalized spacial score (nSPS) is 18.1. The number of benzene rings is 1. The summed E-state index contributed by atoms with van der Waals surface area (Å²) in [5, 5.41) is 9.12. The second-order valence-corrected chi connectivity index (χ2v) is 7.36. The topological polar surface area (TPSA) is 115 Å². The van der Waals surface area contributed by atoms with Crippen LogP contribution < -0.4 is 15.6 Å². The van der Waals surface area contributed by atoms with Crippen molar-refractivity contribution in [1.29, 1.82) is 0 Å². The summed E-state index contributed by atoms with van der Waals surface area (Å²) < 4.78 is 23.6. The monoisotopic (exact) mass is 348 g/mol. The second kappa shape index (κ2) is 6.17. The van der Waals surface area contributed by atoms with Gasteiger partial charge in [0.25, 0.3) is 5.56 Å². The summed E-state index contributed by atoms with van der Waals surface area (Å²) >= 11 is 0. The van der Waals surface area contributed by atoms with E-state index in [4.69, 9.17) is 5.14 Å². The lowest BCUT2D eigenvalue weighted by Crippen LogP contribution is -2.30. The Morgan fingerprint density at radius 2 is 1.88 bits per heavy atom. The largest absolute Gasteiger partial charge is 0.310 e. The van der Waals surface area contributed by atoms with E-state index in [1.54, 1.807) is 24.3 Å². The molecule has 1 saturated heterocycles. The predicted molar refractivity (Wildman–Crippen MR) is 88.3 cm³/mol. The van der Waals surface area contributed by atoms with Gasteiger partial charge in [0, 0.05) is 24.9 Å². The van der Waals surface area contributed by atoms with Crippen LogP contribution in [0.4, 0.5) is 5.69 Å². The van der Waals surface area contributed by atoms with Gasteiger partial charge in [0.1, 0.15) is 0 Å². The molecule has 1 unspecified atom stereocenters. The third-order valence-corrected chi connectivity index (χ3v) is 4.71. The Bertz CT molecular complexity index is 924. The molecule has 2 heterocycles. The van der Waals surface area contributed by atoms with E-state index in [9.17, 15) is 18.0 Å². The van der Waals surface area contributed by atoms with E-state index in [1.165, 1.54) is 21.8 Å². The summed E-state index contributed by atoms with van der Waals surface area (Å²) in [6.07, 6.45) is 1.50. The van der Waals surface area contributed by atoms with Crippen LogP contribution in [0.3, 0.4) is 0 Å². The van der Waals surface area contributed by atoms with Crippen molar-refractivity contribution < 1.29 is 13.2 Å². The number of carbonyl (C=O) groups is 1. The van der Waals surface area contributed by atoms with E-state index in [0.29, 0.717) is 11.4 Å². The second-order valence-electron chi connectivity index (χ2n) is 5.70. The number of nitrogens with two attached hydrogens (primary N) is 1. The first-order valence-electron chi connectivity index (χ1n) is 7.29. The lowest BCUT2D eigenvalue weighted by molar-refractivity contribution is -0.117. The molecule has 1 aliphatic heterocycles. The maximum Gasteiger partial charge on any atom is 0.273 e. The van der Waals surface area contributed by atoms with Crippen LogP contribution in [-0.4, -0.2) is 36.4 Å². The van der Waals surface area contributed by atoms with Crippen molar-refractivity contribution in [2.24, 2.45) is 11.1 Å². The molecule has 0 aliphatic carbocycles. The molecule has 2 aromatic rings. The first kappa shape index (κ1) is 16.3. The van der Waals surface area contributed by atoms with Crippen molar-refractivity contribution in [3.63, 3.8) is 0 Å². The summed E-state index contributed by atoms with van der Waals surface area (Å²) in [6.45, 7) is 0.200. The molecule has 8 nitrogen and oxygen atoms in total. The predicted octanol–water partition coefficient (Wildman–Crippen LogP) is -0.126. The summed E-state index contributed by atoms with van der Waals surface area (Å²) in [5.74, 6) is -0.893. The fourth-order valence-corrected chi connectivity index (χ4v) is 3.66. The van der Waals surface area contributed by atoms with Crippen molar-refractivity contribution in [2.45, 2.75) is 6.42 Å². The molecule has 24 heavy (non-hydrogen) atoms. The average molecular weight is 348 g/mol. The zero-order valence-electron chi connectivity index (χ0n) is 12.7. The zero-order chi connectivity index (χ0) is 17.3. The van der Waals surface area contributed by atoms with Crippen molar-refractivity contribution in [2.75, 3.05) is 17.2 Å². The van der Waals surface area contributed by atoms with Crippen LogP contribution in [0.15, 0.2) is 47.4 Å². The molecular formula is C15H16N4O4S. The molecule has 0 spiro atoms. The highest BCUT2D eigenvalue weighted by Crippen LogP contribution is 2.24. The van der Waals surface area contributed by atoms with Crippen molar-refractivity contribution in [3.8, 4) is 5.69 Å². The van der Waals surface area contributed by atoms with E-state index in [1.807, 2.05) is 6.07 Å². The van der Waals surface area contributed by atoms with Crippen LogP contribution in [-0.2, 0) is 14.8 Å². The average Bonchev–Trinajstić information content (AvgIpc) is 2.86. The van der Waals surface area contributed by atoms with Gasteiger partial charge in [-0.05, 0) is 12.1 Å². The quantitative estimate of drug-likeness (QED) is 0.827. The Hall–Kier alpha value is -2.52. The molecule has 1 aromatic heterocycles. The van der Waals surface area contributed by atoms with Gasteiger partial charge in [-0.1, -0.05) is 18.2 Å². The van der Waals surface area contributed by atoms with Crippen LogP contribution in [0.25, 0.3) is 5.69 Å². The number of nitrogens with zero attached hydrogens (tertiary/aromatic N) is 3. The Morgan fingerprint density at radius 1 is 1.17 bits per heavy atom. The van der Waals surface area contributed by atoms with E-state index >= 15 is 0 Å². The molecule has 0 bridgehead atoms. The van der Waals surface area contributed by atoms with Gasteiger partial charge in [-0.15, -0.1) is 0 Å². The number of sulfonamides is 1. The molecule has 126 valence electrons. The number of hydrogen-bond acceptors (Lipinski definition) is 5. The summed E-state index contributed by atoms with van der Waals surface area (Å²) in [5.41, 5.74) is 0.601. The first-order valence-corrected chi connectivity index (χ1v) is 9.01. The molecule has 9 heteroatoms. The number of para-hydroxylation sites is 1. The SMILES string of the molecule is NS(=O)(=O)CC1CC(=O)N(c2cnn(-c3ccccc3)c(=O)c2)C1. The van der Waals surface area contributed by atoms with Crippen LogP contribution in [0.2, 0.25) is 0 Å². The number of rotatable bonds is 4. The molecule has 0 saturated carbocycles. The van der Waals surface area contributed by atoms with Crippen LogP contribution in [0.5, 0.6) is 0 Å². The summed E-state index contributed by atoms with van der Waals surface area (Å²) in [6, 6.07) is 10.2. The number of aromatic nitrogens is 2. The number of primary sulfonamides is 1. The molecule has 0 radical (unpaired) electrons. The van der Waals surface area contributed by atoms with Gasteiger partial charge in [-0.25, -0.2) is 13.6 Å². The van der Waals surface area contributed by atoms with Gasteiger partial charge in [-0.2, -0.15) is 9.78 Å². The van der Waals surface area contributed by atoms with Gasteiger partial charge in [0.05, 0.1) is 23.3 Å². The van der Waals surface area contributed by atoms with E-state index in [0.717, 1.165) is 0 Å². The smallest absolute Gasteiger partial charge is 0.273 e. The minimum absolute atomic E-state index is 0.0815. The van der Waals surface area contributed by atoms with E-state index < -0.39 is 10.0 Å². The number of anilines is 1. The highest BCUT2D eigenvalue weighted by molar-refractivity contribution is 7.89. The van der Waals surface area contributed by atoms with Gasteiger partial charge < -0.3 is 4.90 Å². The number of hydrogen-bond donors (Lipinski definition) is 1. The molecule has 1 atom stereocenters. The van der Waals surface area contributed by atoms with Gasteiger partial charge in [0.2, 0.25) is 15.9 Å². The van der Waals surface area contributed by atoms with Crippen LogP contribution in [0.1, 0.15) is 6.42 Å². The third-order valence-electron chi connectivity index (χ3n) is 3.77. The lowest BCUT2D eigenvalue weighted by Gasteiger charge is -2.16. The molecule has 2 N–H and O–H groups in total. The standard InChI is InChI=1S/C15H16N4O4S/c16-24(22,23)10-11-6-14(20)18(9-11)13-7-15(21)19(17-8-13)12-4-2-1-3-5-12/h1-5,7-8,11H,6,9-10H2,(H2,16,22,23). The van der Waals surface area contributed by atoms with Gasteiger partial charge in [0.15, 0.2) is 0 Å². The van der Waals surface area contributed by atoms with Crippen LogP contribution >= 0.6 is 0 Å². The Kier molecular flexibility index (Phi) is 4.20. The minimum Gasteiger partial charge on any atom is -0.310 e. The Balaban J connectivity index is 1.85. The molecule has 3 rings (SSSR count). The highest BCUT2D eigenvalue weighted by atomic mass is 32.2. The van der Waals surface area contributed by atoms with Gasteiger partial charge in [-0.3, -0.25) is 9.59 Å². The van der Waals surface area contributed by atoms with Crippen molar-refractivity contribution in [3.05, 3.63) is 52.9 Å². The molecule has 1 aliphatic rings. The van der Waals surface area contributed by atoms with Crippen LogP contribution in [0, 0.1) is 5.92 Å². The summed E-state index contributed by atoms with van der Waals surface area (Å²) in [7, 11) is -3.65. The third kappa shape index (κ3) is 3.52. The lowest BCUT2D eigenvalue weighted by atomic mass is 10.1. The summed E-state index contributed by atoms with van der Waals surface area (Å²) in [4.78, 5) is 25.7. The number of carbonyl (C=O) groups excluding carboxylic acids is 1. The fraction of sp³-hybridized carbons (Fsp3) is 0.267. The molecular weight excluding hydrogens is 332 g/mol. The van der Waals surface area contributed by atoms with Gasteiger partial charge >= 0.3 is 0 Å². The van der Waals surface area contributed by atoms with E-state index in [-0.39, 0.29) is 36.1 Å². The maximum absolute atomic E-state index is 12.3. The molecule has 1 aromatic carbocycles. The minimum atomic E-state index is -3.65. The van der Waals surface area contributed by atoms with Crippen molar-refractivity contribution >= 4 is 21.6 Å². The Labute approximate surface area is 138 Å². The number of amides is 1. The fourth-order valence-electron chi connectivity index (χ4n) is 2.78. The first-order chi connectivity index (χ1) is 11.3. The van der Waals surface area contributed by atoms with Crippen molar-refractivity contribution in [1.82, 2.24) is 9.78 Å². The Morgan fingerprint density at radius 3 is 2.50 bits per heavy atom. The highest BCUT2D eigenvalue weighted by Gasteiger charge is 2.33. The molecule has 1 fully saturated rings. The van der Waals surface area contributed by atoms with E-state index in [2.05, 4.69) is 5.10 Å². The molecule has 1 amide bonds. The zero-order valence-corrected chi connectivity index (χ0v) is 13.5. The maximum atomic E-state index is 12.3.